The first-order chi connectivity index (χ1) is 9.03. The lowest BCUT2D eigenvalue weighted by Gasteiger charge is -2.13. The zero-order valence-corrected chi connectivity index (χ0v) is 12.2. The third-order valence-corrected chi connectivity index (χ3v) is 2.90. The lowest BCUT2D eigenvalue weighted by Crippen LogP contribution is -2.01. The maximum absolute atomic E-state index is 13.7. The minimum Gasteiger partial charge on any atom is -0.206 e. The number of hydrogen-bond acceptors (Lipinski definition) is 0. The highest BCUT2D eigenvalue weighted by Crippen LogP contribution is 2.24. The third kappa shape index (κ3) is 8.73. The van der Waals surface area contributed by atoms with Crippen LogP contribution >= 0.6 is 0 Å². The van der Waals surface area contributed by atoms with E-state index in [1.54, 1.807) is 0 Å². The van der Waals surface area contributed by atoms with Crippen LogP contribution in [-0.4, -0.2) is 6.18 Å². The molecule has 0 aromatic carbocycles. The van der Waals surface area contributed by atoms with Crippen molar-refractivity contribution >= 4 is 0 Å². The molecule has 0 nitrogen and oxygen atoms in total. The summed E-state index contributed by atoms with van der Waals surface area (Å²) in [5.74, 6) is -0.154. The van der Waals surface area contributed by atoms with E-state index in [-0.39, 0.29) is 17.6 Å². The average Bonchev–Trinajstić information content (AvgIpc) is 2.31. The highest BCUT2D eigenvalue weighted by Gasteiger charge is 2.22. The molecule has 0 saturated heterocycles. The normalized spacial score (nSPS) is 14.9. The fourth-order valence-corrected chi connectivity index (χ4v) is 1.44. The number of rotatable bonds is 7. The van der Waals surface area contributed by atoms with Gasteiger partial charge in [-0.1, -0.05) is 40.3 Å². The predicted octanol–water partition coefficient (Wildman–Crippen LogP) is 6.14. The van der Waals surface area contributed by atoms with Gasteiger partial charge in [-0.3, -0.25) is 0 Å². The summed E-state index contributed by atoms with van der Waals surface area (Å²) in [6.07, 6.45) is -0.861. The first-order valence-corrected chi connectivity index (χ1v) is 6.54. The van der Waals surface area contributed by atoms with Crippen LogP contribution < -0.4 is 0 Å². The Hall–Kier alpha value is -1.32. The molecule has 0 aliphatic heterocycles. The van der Waals surface area contributed by atoms with Crippen LogP contribution in [-0.2, 0) is 0 Å². The highest BCUT2D eigenvalue weighted by molar-refractivity contribution is 5.37. The molecule has 0 rings (SSSR count). The van der Waals surface area contributed by atoms with Crippen LogP contribution in [0.4, 0.5) is 17.6 Å². The molecule has 4 heteroatoms. The van der Waals surface area contributed by atoms with Gasteiger partial charge in [0.15, 0.2) is 0 Å². The van der Waals surface area contributed by atoms with E-state index in [0.29, 0.717) is 17.6 Å². The van der Waals surface area contributed by atoms with Crippen molar-refractivity contribution in [2.45, 2.75) is 39.8 Å². The standard InChI is InChI=1S/C16H22F4/c1-11(2)6-7-12(3)14(5)10-15(17)13(4)8-9-16(18,19)20/h8-12H,4-7H2,1-3H3/b9-8?,15-10+. The second-order valence-corrected chi connectivity index (χ2v) is 5.34. The molecule has 0 aromatic rings. The summed E-state index contributed by atoms with van der Waals surface area (Å²) < 4.78 is 49.5. The minimum absolute atomic E-state index is 0.0340. The summed E-state index contributed by atoms with van der Waals surface area (Å²) in [4.78, 5) is 0. The van der Waals surface area contributed by atoms with Gasteiger partial charge in [-0.25, -0.2) is 4.39 Å². The fourth-order valence-electron chi connectivity index (χ4n) is 1.44. The Bertz CT molecular complexity index is 397. The van der Waals surface area contributed by atoms with Crippen molar-refractivity contribution < 1.29 is 17.6 Å². The molecule has 0 bridgehead atoms. The summed E-state index contributed by atoms with van der Waals surface area (Å²) in [6, 6.07) is 0. The van der Waals surface area contributed by atoms with Crippen LogP contribution in [0.5, 0.6) is 0 Å². The van der Waals surface area contributed by atoms with Gasteiger partial charge in [-0.15, -0.1) is 0 Å². The highest BCUT2D eigenvalue weighted by atomic mass is 19.4. The van der Waals surface area contributed by atoms with Gasteiger partial charge >= 0.3 is 6.18 Å². The Morgan fingerprint density at radius 3 is 2.10 bits per heavy atom. The van der Waals surface area contributed by atoms with Gasteiger partial charge < -0.3 is 0 Å². The Kier molecular flexibility index (Phi) is 7.54. The molecule has 0 aliphatic carbocycles. The van der Waals surface area contributed by atoms with E-state index < -0.39 is 12.0 Å². The SMILES string of the molecule is C=C(C=CC(F)(F)F)/C(F)=C\C(=C)C(C)CCC(C)C. The van der Waals surface area contributed by atoms with Gasteiger partial charge in [0, 0.05) is 11.6 Å². The van der Waals surface area contributed by atoms with Crippen molar-refractivity contribution in [1.29, 1.82) is 0 Å². The molecule has 0 N–H and O–H groups in total. The zero-order chi connectivity index (χ0) is 15.9. The van der Waals surface area contributed by atoms with E-state index >= 15 is 0 Å². The molecule has 1 atom stereocenters. The van der Waals surface area contributed by atoms with E-state index in [0.717, 1.165) is 18.9 Å². The van der Waals surface area contributed by atoms with Gasteiger partial charge in [-0.05, 0) is 36.0 Å². The van der Waals surface area contributed by atoms with Gasteiger partial charge in [-0.2, -0.15) is 13.2 Å². The van der Waals surface area contributed by atoms with Crippen molar-refractivity contribution in [3.05, 3.63) is 48.4 Å². The second-order valence-electron chi connectivity index (χ2n) is 5.34. The van der Waals surface area contributed by atoms with E-state index in [1.165, 1.54) is 0 Å². The average molecular weight is 290 g/mol. The van der Waals surface area contributed by atoms with Crippen LogP contribution in [0.15, 0.2) is 48.4 Å². The van der Waals surface area contributed by atoms with Crippen LogP contribution in [0.1, 0.15) is 33.6 Å². The monoisotopic (exact) mass is 290 g/mol. The minimum atomic E-state index is -4.47. The van der Waals surface area contributed by atoms with Crippen molar-refractivity contribution in [3.8, 4) is 0 Å². The summed E-state index contributed by atoms with van der Waals surface area (Å²) >= 11 is 0. The van der Waals surface area contributed by atoms with E-state index in [9.17, 15) is 17.6 Å². The molecular weight excluding hydrogens is 268 g/mol. The Morgan fingerprint density at radius 2 is 1.65 bits per heavy atom. The molecule has 0 spiro atoms. The topological polar surface area (TPSA) is 0 Å². The lowest BCUT2D eigenvalue weighted by molar-refractivity contribution is -0.0798. The van der Waals surface area contributed by atoms with Gasteiger partial charge in [0.05, 0.1) is 0 Å². The van der Waals surface area contributed by atoms with Gasteiger partial charge in [0.25, 0.3) is 0 Å². The smallest absolute Gasteiger partial charge is 0.206 e. The summed E-state index contributed by atoms with van der Waals surface area (Å²) in [7, 11) is 0. The summed E-state index contributed by atoms with van der Waals surface area (Å²) in [5, 5.41) is 0. The molecule has 20 heavy (non-hydrogen) atoms. The Labute approximate surface area is 118 Å². The second kappa shape index (κ2) is 8.08. The summed E-state index contributed by atoms with van der Waals surface area (Å²) in [6.45, 7) is 13.1. The maximum Gasteiger partial charge on any atom is 0.409 e. The number of halogens is 4. The molecule has 0 aromatic heterocycles. The fraction of sp³-hybridized carbons (Fsp3) is 0.500. The third-order valence-electron chi connectivity index (χ3n) is 2.90. The molecule has 0 saturated carbocycles. The van der Waals surface area contributed by atoms with Crippen molar-refractivity contribution in [3.63, 3.8) is 0 Å². The van der Waals surface area contributed by atoms with Crippen LogP contribution in [0.3, 0.4) is 0 Å². The quantitative estimate of drug-likeness (QED) is 0.390. The molecule has 1 unspecified atom stereocenters. The lowest BCUT2D eigenvalue weighted by atomic mass is 9.93. The Balaban J connectivity index is 4.60. The zero-order valence-electron chi connectivity index (χ0n) is 12.2. The first kappa shape index (κ1) is 18.7. The number of alkyl halides is 3. The van der Waals surface area contributed by atoms with Crippen LogP contribution in [0.2, 0.25) is 0 Å². The van der Waals surface area contributed by atoms with Crippen molar-refractivity contribution in [2.75, 3.05) is 0 Å². The van der Waals surface area contributed by atoms with E-state index in [4.69, 9.17) is 0 Å². The molecule has 114 valence electrons. The van der Waals surface area contributed by atoms with E-state index in [1.807, 2.05) is 6.92 Å². The summed E-state index contributed by atoms with van der Waals surface area (Å²) in [5.41, 5.74) is 0.254. The van der Waals surface area contributed by atoms with Crippen molar-refractivity contribution in [1.82, 2.24) is 0 Å². The van der Waals surface area contributed by atoms with Gasteiger partial charge in [0.1, 0.15) is 5.83 Å². The number of hydrogen-bond donors (Lipinski definition) is 0. The van der Waals surface area contributed by atoms with E-state index in [2.05, 4.69) is 27.0 Å². The molecule has 0 amide bonds. The largest absolute Gasteiger partial charge is 0.409 e. The van der Waals surface area contributed by atoms with Crippen molar-refractivity contribution in [2.24, 2.45) is 11.8 Å². The van der Waals surface area contributed by atoms with Gasteiger partial charge in [0.2, 0.25) is 0 Å². The molecule has 0 fully saturated rings. The van der Waals surface area contributed by atoms with Crippen LogP contribution in [0.25, 0.3) is 0 Å². The molecule has 0 radical (unpaired) electrons. The Morgan fingerprint density at radius 1 is 1.10 bits per heavy atom. The molecule has 0 aliphatic rings. The molecular formula is C16H22F4. The predicted molar refractivity (Wildman–Crippen MR) is 75.9 cm³/mol. The first-order valence-electron chi connectivity index (χ1n) is 6.54. The van der Waals surface area contributed by atoms with Crippen LogP contribution in [0, 0.1) is 11.8 Å². The molecule has 0 heterocycles. The number of allylic oxidation sites excluding steroid dienone is 6. The maximum atomic E-state index is 13.7.